The Morgan fingerprint density at radius 3 is 2.76 bits per heavy atom. The van der Waals surface area contributed by atoms with Gasteiger partial charge in [-0.05, 0) is 43.9 Å². The van der Waals surface area contributed by atoms with E-state index in [0.29, 0.717) is 18.0 Å². The largest absolute Gasteiger partial charge is 0.396 e. The van der Waals surface area contributed by atoms with Crippen LogP contribution in [0.15, 0.2) is 18.2 Å². The van der Waals surface area contributed by atoms with Gasteiger partial charge in [-0.1, -0.05) is 0 Å². The second-order valence-corrected chi connectivity index (χ2v) is 4.52. The Morgan fingerprint density at radius 1 is 1.53 bits per heavy atom. The van der Waals surface area contributed by atoms with Gasteiger partial charge in [0, 0.05) is 18.7 Å². The maximum atomic E-state index is 13.0. The molecule has 1 amide bonds. The minimum atomic E-state index is -0.480. The summed E-state index contributed by atoms with van der Waals surface area (Å²) < 4.78 is 13.0. The third kappa shape index (κ3) is 2.75. The number of rotatable bonds is 4. The first-order valence-corrected chi connectivity index (χ1v) is 5.96. The zero-order valence-electron chi connectivity index (χ0n) is 9.95. The second-order valence-electron chi connectivity index (χ2n) is 4.52. The molecule has 92 valence electrons. The predicted octanol–water partition coefficient (Wildman–Crippen LogP) is 2.28. The molecule has 1 aliphatic carbocycles. The van der Waals surface area contributed by atoms with E-state index in [4.69, 9.17) is 5.73 Å². The number of amides is 1. The fourth-order valence-corrected chi connectivity index (χ4v) is 1.83. The summed E-state index contributed by atoms with van der Waals surface area (Å²) >= 11 is 0. The Kier molecular flexibility index (Phi) is 3.31. The number of hydrogen-bond acceptors (Lipinski definition) is 2. The number of nitrogens with zero attached hydrogens (tertiary/aromatic N) is 1. The molecule has 1 aromatic rings. The van der Waals surface area contributed by atoms with Gasteiger partial charge in [0.1, 0.15) is 5.82 Å². The summed E-state index contributed by atoms with van der Waals surface area (Å²) in [5.74, 6) is 0.106. The van der Waals surface area contributed by atoms with Crippen molar-refractivity contribution < 1.29 is 9.18 Å². The molecule has 0 atom stereocenters. The normalized spacial score (nSPS) is 14.7. The van der Waals surface area contributed by atoms with Crippen molar-refractivity contribution in [2.24, 2.45) is 5.92 Å². The zero-order chi connectivity index (χ0) is 12.4. The van der Waals surface area contributed by atoms with Crippen molar-refractivity contribution in [1.29, 1.82) is 0 Å². The Hall–Kier alpha value is -1.58. The number of carbonyl (C=O) groups excluding carboxylic acids is 1. The maximum absolute atomic E-state index is 13.0. The molecule has 0 heterocycles. The van der Waals surface area contributed by atoms with Crippen LogP contribution in [0.1, 0.15) is 30.1 Å². The first-order chi connectivity index (χ1) is 8.11. The smallest absolute Gasteiger partial charge is 0.253 e. The van der Waals surface area contributed by atoms with Gasteiger partial charge in [0.25, 0.3) is 5.91 Å². The van der Waals surface area contributed by atoms with Crippen molar-refractivity contribution in [3.63, 3.8) is 0 Å². The molecule has 3 nitrogen and oxygen atoms in total. The first-order valence-electron chi connectivity index (χ1n) is 5.96. The topological polar surface area (TPSA) is 46.3 Å². The summed E-state index contributed by atoms with van der Waals surface area (Å²) in [5, 5.41) is 0. The van der Waals surface area contributed by atoms with E-state index in [-0.39, 0.29) is 11.6 Å². The lowest BCUT2D eigenvalue weighted by Crippen LogP contribution is -2.32. The van der Waals surface area contributed by atoms with Gasteiger partial charge in [-0.3, -0.25) is 4.79 Å². The van der Waals surface area contributed by atoms with Crippen molar-refractivity contribution in [1.82, 2.24) is 4.90 Å². The van der Waals surface area contributed by atoms with Gasteiger partial charge < -0.3 is 10.6 Å². The Balaban J connectivity index is 2.12. The van der Waals surface area contributed by atoms with E-state index >= 15 is 0 Å². The van der Waals surface area contributed by atoms with Crippen LogP contribution in [0.25, 0.3) is 0 Å². The molecule has 0 bridgehead atoms. The van der Waals surface area contributed by atoms with Crippen LogP contribution in [0, 0.1) is 11.7 Å². The molecular weight excluding hydrogens is 219 g/mol. The Bertz CT molecular complexity index is 429. The lowest BCUT2D eigenvalue weighted by atomic mass is 10.1. The SMILES string of the molecule is CCN(CC1CC1)C(=O)c1ccc(F)c(N)c1. The second kappa shape index (κ2) is 4.73. The third-order valence-electron chi connectivity index (χ3n) is 3.09. The molecule has 0 saturated heterocycles. The molecule has 1 fully saturated rings. The van der Waals surface area contributed by atoms with Crippen molar-refractivity contribution in [2.75, 3.05) is 18.8 Å². The molecule has 2 rings (SSSR count). The van der Waals surface area contributed by atoms with Crippen molar-refractivity contribution in [3.8, 4) is 0 Å². The van der Waals surface area contributed by atoms with Crippen LogP contribution >= 0.6 is 0 Å². The Labute approximate surface area is 100 Å². The molecule has 0 aliphatic heterocycles. The average molecular weight is 236 g/mol. The van der Waals surface area contributed by atoms with Gasteiger partial charge in [-0.2, -0.15) is 0 Å². The fraction of sp³-hybridized carbons (Fsp3) is 0.462. The van der Waals surface area contributed by atoms with Gasteiger partial charge in [-0.25, -0.2) is 4.39 Å². The molecule has 17 heavy (non-hydrogen) atoms. The molecule has 0 unspecified atom stereocenters. The summed E-state index contributed by atoms with van der Waals surface area (Å²) in [4.78, 5) is 13.9. The van der Waals surface area contributed by atoms with Gasteiger partial charge in [0.2, 0.25) is 0 Å². The quantitative estimate of drug-likeness (QED) is 0.815. The van der Waals surface area contributed by atoms with Gasteiger partial charge in [-0.15, -0.1) is 0 Å². The summed E-state index contributed by atoms with van der Waals surface area (Å²) in [7, 11) is 0. The summed E-state index contributed by atoms with van der Waals surface area (Å²) in [6.07, 6.45) is 2.41. The molecule has 0 radical (unpaired) electrons. The van der Waals surface area contributed by atoms with E-state index in [1.807, 2.05) is 6.92 Å². The maximum Gasteiger partial charge on any atom is 0.253 e. The number of carbonyl (C=O) groups is 1. The van der Waals surface area contributed by atoms with Crippen LogP contribution in [0.2, 0.25) is 0 Å². The molecular formula is C13H17FN2O. The van der Waals surface area contributed by atoms with Crippen molar-refractivity contribution in [2.45, 2.75) is 19.8 Å². The molecule has 0 spiro atoms. The molecule has 1 aliphatic rings. The molecule has 2 N–H and O–H groups in total. The number of anilines is 1. The van der Waals surface area contributed by atoms with E-state index in [9.17, 15) is 9.18 Å². The average Bonchev–Trinajstić information content (AvgIpc) is 3.12. The summed E-state index contributed by atoms with van der Waals surface area (Å²) in [6, 6.07) is 4.14. The standard InChI is InChI=1S/C13H17FN2O/c1-2-16(8-9-3-4-9)13(17)10-5-6-11(14)12(15)7-10/h5-7,9H,2-4,8,15H2,1H3. The third-order valence-corrected chi connectivity index (χ3v) is 3.09. The lowest BCUT2D eigenvalue weighted by Gasteiger charge is -2.20. The fourth-order valence-electron chi connectivity index (χ4n) is 1.83. The Morgan fingerprint density at radius 2 is 2.24 bits per heavy atom. The van der Waals surface area contributed by atoms with E-state index in [2.05, 4.69) is 0 Å². The number of hydrogen-bond donors (Lipinski definition) is 1. The number of nitrogen functional groups attached to an aromatic ring is 1. The highest BCUT2D eigenvalue weighted by Gasteiger charge is 2.26. The van der Waals surface area contributed by atoms with Crippen LogP contribution in [0.4, 0.5) is 10.1 Å². The van der Waals surface area contributed by atoms with Gasteiger partial charge in [0.05, 0.1) is 5.69 Å². The highest BCUT2D eigenvalue weighted by atomic mass is 19.1. The van der Waals surface area contributed by atoms with E-state index in [0.717, 1.165) is 6.54 Å². The minimum Gasteiger partial charge on any atom is -0.396 e. The monoisotopic (exact) mass is 236 g/mol. The number of benzene rings is 1. The summed E-state index contributed by atoms with van der Waals surface area (Å²) in [6.45, 7) is 3.42. The van der Waals surface area contributed by atoms with Crippen LogP contribution in [0.5, 0.6) is 0 Å². The molecule has 1 aromatic carbocycles. The van der Waals surface area contributed by atoms with E-state index < -0.39 is 5.82 Å². The predicted molar refractivity (Wildman–Crippen MR) is 65.1 cm³/mol. The highest BCUT2D eigenvalue weighted by Crippen LogP contribution is 2.30. The van der Waals surface area contributed by atoms with Gasteiger partial charge >= 0.3 is 0 Å². The van der Waals surface area contributed by atoms with Crippen LogP contribution in [-0.4, -0.2) is 23.9 Å². The summed E-state index contributed by atoms with van der Waals surface area (Å²) in [5.41, 5.74) is 5.96. The van der Waals surface area contributed by atoms with Crippen LogP contribution in [0.3, 0.4) is 0 Å². The van der Waals surface area contributed by atoms with Crippen LogP contribution in [-0.2, 0) is 0 Å². The van der Waals surface area contributed by atoms with E-state index in [1.54, 1.807) is 4.90 Å². The molecule has 0 aromatic heterocycles. The number of halogens is 1. The van der Waals surface area contributed by atoms with Crippen molar-refractivity contribution >= 4 is 11.6 Å². The molecule has 4 heteroatoms. The number of nitrogens with two attached hydrogens (primary N) is 1. The lowest BCUT2D eigenvalue weighted by molar-refractivity contribution is 0.0757. The zero-order valence-corrected chi connectivity index (χ0v) is 9.95. The van der Waals surface area contributed by atoms with E-state index in [1.165, 1.54) is 31.0 Å². The van der Waals surface area contributed by atoms with Gasteiger partial charge in [0.15, 0.2) is 0 Å². The molecule has 1 saturated carbocycles. The minimum absolute atomic E-state index is 0.0262. The highest BCUT2D eigenvalue weighted by molar-refractivity contribution is 5.95. The van der Waals surface area contributed by atoms with Crippen molar-refractivity contribution in [3.05, 3.63) is 29.6 Å². The van der Waals surface area contributed by atoms with Crippen LogP contribution < -0.4 is 5.73 Å². The first kappa shape index (κ1) is 11.9.